The first kappa shape index (κ1) is 15.4. The highest BCUT2D eigenvalue weighted by Gasteiger charge is 2.21. The molecule has 0 spiro atoms. The SMILES string of the molecule is COc1ccc(Br)c(CC(NN)C(OC)OC)c1. The van der Waals surface area contributed by atoms with Crippen LogP contribution in [0, 0.1) is 0 Å². The van der Waals surface area contributed by atoms with Gasteiger partial charge in [-0.2, -0.15) is 0 Å². The van der Waals surface area contributed by atoms with Gasteiger partial charge in [0, 0.05) is 18.7 Å². The van der Waals surface area contributed by atoms with Crippen molar-refractivity contribution >= 4 is 15.9 Å². The molecular formula is C12H19BrN2O3. The number of nitrogens with two attached hydrogens (primary N) is 1. The van der Waals surface area contributed by atoms with Gasteiger partial charge in [-0.1, -0.05) is 15.9 Å². The summed E-state index contributed by atoms with van der Waals surface area (Å²) >= 11 is 3.50. The van der Waals surface area contributed by atoms with Crippen LogP contribution in [-0.4, -0.2) is 33.7 Å². The second-order valence-corrected chi connectivity index (χ2v) is 4.63. The Morgan fingerprint density at radius 3 is 2.44 bits per heavy atom. The zero-order valence-corrected chi connectivity index (χ0v) is 12.4. The van der Waals surface area contributed by atoms with Crippen LogP contribution in [0.25, 0.3) is 0 Å². The van der Waals surface area contributed by atoms with E-state index in [1.165, 1.54) is 0 Å². The van der Waals surface area contributed by atoms with E-state index >= 15 is 0 Å². The van der Waals surface area contributed by atoms with Gasteiger partial charge in [0.2, 0.25) is 0 Å². The van der Waals surface area contributed by atoms with Crippen LogP contribution in [-0.2, 0) is 15.9 Å². The molecule has 1 atom stereocenters. The smallest absolute Gasteiger partial charge is 0.173 e. The first-order chi connectivity index (χ1) is 8.65. The molecule has 1 aromatic rings. The van der Waals surface area contributed by atoms with Crippen molar-refractivity contribution in [2.24, 2.45) is 5.84 Å². The third kappa shape index (κ3) is 3.93. The van der Waals surface area contributed by atoms with Crippen LogP contribution in [0.4, 0.5) is 0 Å². The molecule has 18 heavy (non-hydrogen) atoms. The van der Waals surface area contributed by atoms with Gasteiger partial charge in [-0.3, -0.25) is 11.3 Å². The molecule has 0 fully saturated rings. The zero-order chi connectivity index (χ0) is 13.5. The van der Waals surface area contributed by atoms with Crippen molar-refractivity contribution in [3.05, 3.63) is 28.2 Å². The third-order valence-corrected chi connectivity index (χ3v) is 3.47. The van der Waals surface area contributed by atoms with Gasteiger partial charge in [-0.05, 0) is 30.2 Å². The van der Waals surface area contributed by atoms with Gasteiger partial charge in [0.15, 0.2) is 6.29 Å². The number of methoxy groups -OCH3 is 3. The third-order valence-electron chi connectivity index (χ3n) is 2.70. The second kappa shape index (κ2) is 7.70. The highest BCUT2D eigenvalue weighted by atomic mass is 79.9. The van der Waals surface area contributed by atoms with Gasteiger partial charge in [0.05, 0.1) is 13.2 Å². The Hall–Kier alpha value is -0.660. The van der Waals surface area contributed by atoms with Gasteiger partial charge in [-0.15, -0.1) is 0 Å². The van der Waals surface area contributed by atoms with Crippen molar-refractivity contribution in [2.45, 2.75) is 18.8 Å². The number of hydrazine groups is 1. The number of hydrogen-bond donors (Lipinski definition) is 2. The summed E-state index contributed by atoms with van der Waals surface area (Å²) in [5.41, 5.74) is 3.77. The summed E-state index contributed by atoms with van der Waals surface area (Å²) in [5.74, 6) is 6.34. The average Bonchev–Trinajstić information content (AvgIpc) is 2.40. The molecule has 0 heterocycles. The van der Waals surface area contributed by atoms with E-state index in [1.54, 1.807) is 21.3 Å². The number of hydrogen-bond acceptors (Lipinski definition) is 5. The highest BCUT2D eigenvalue weighted by Crippen LogP contribution is 2.24. The molecule has 1 rings (SSSR count). The molecule has 0 aliphatic rings. The first-order valence-corrected chi connectivity index (χ1v) is 6.29. The number of ether oxygens (including phenoxy) is 3. The fraction of sp³-hybridized carbons (Fsp3) is 0.500. The Kier molecular flexibility index (Phi) is 6.59. The van der Waals surface area contributed by atoms with Crippen molar-refractivity contribution < 1.29 is 14.2 Å². The maximum atomic E-state index is 5.54. The van der Waals surface area contributed by atoms with Gasteiger partial charge in [0.25, 0.3) is 0 Å². The van der Waals surface area contributed by atoms with Gasteiger partial charge >= 0.3 is 0 Å². The van der Waals surface area contributed by atoms with Gasteiger partial charge < -0.3 is 14.2 Å². The Bertz CT molecular complexity index is 372. The summed E-state index contributed by atoms with van der Waals surface area (Å²) in [6.07, 6.45) is 0.244. The van der Waals surface area contributed by atoms with Crippen LogP contribution in [0.2, 0.25) is 0 Å². The van der Waals surface area contributed by atoms with Crippen molar-refractivity contribution in [1.29, 1.82) is 0 Å². The van der Waals surface area contributed by atoms with Crippen LogP contribution in [0.15, 0.2) is 22.7 Å². The summed E-state index contributed by atoms with van der Waals surface area (Å²) in [7, 11) is 4.80. The monoisotopic (exact) mass is 318 g/mol. The number of rotatable bonds is 7. The molecule has 0 aromatic heterocycles. The maximum absolute atomic E-state index is 5.54. The van der Waals surface area contributed by atoms with Crippen molar-refractivity contribution in [3.63, 3.8) is 0 Å². The molecule has 102 valence electrons. The van der Waals surface area contributed by atoms with E-state index in [-0.39, 0.29) is 6.04 Å². The van der Waals surface area contributed by atoms with E-state index in [9.17, 15) is 0 Å². The Morgan fingerprint density at radius 1 is 1.28 bits per heavy atom. The normalized spacial score (nSPS) is 12.8. The number of nitrogens with one attached hydrogen (secondary N) is 1. The lowest BCUT2D eigenvalue weighted by Crippen LogP contribution is -2.47. The summed E-state index contributed by atoms with van der Waals surface area (Å²) in [6, 6.07) is 5.64. The Morgan fingerprint density at radius 2 is 1.94 bits per heavy atom. The number of halogens is 1. The molecule has 0 aliphatic heterocycles. The summed E-state index contributed by atoms with van der Waals surface area (Å²) < 4.78 is 16.6. The standard InChI is InChI=1S/C12H19BrN2O3/c1-16-9-4-5-10(13)8(6-9)7-11(15-14)12(17-2)18-3/h4-6,11-12,15H,7,14H2,1-3H3. The number of benzene rings is 1. The molecular weight excluding hydrogens is 300 g/mol. The summed E-state index contributed by atoms with van der Waals surface area (Å²) in [4.78, 5) is 0. The van der Waals surface area contributed by atoms with Crippen molar-refractivity contribution in [2.75, 3.05) is 21.3 Å². The first-order valence-electron chi connectivity index (χ1n) is 5.50. The van der Waals surface area contributed by atoms with Crippen LogP contribution in [0.3, 0.4) is 0 Å². The lowest BCUT2D eigenvalue weighted by atomic mass is 10.1. The predicted molar refractivity (Wildman–Crippen MR) is 73.3 cm³/mol. The van der Waals surface area contributed by atoms with Crippen molar-refractivity contribution in [3.8, 4) is 5.75 Å². The van der Waals surface area contributed by atoms with E-state index in [4.69, 9.17) is 20.1 Å². The van der Waals surface area contributed by atoms with Gasteiger partial charge in [-0.25, -0.2) is 0 Å². The molecule has 0 saturated heterocycles. The van der Waals surface area contributed by atoms with Crippen LogP contribution in [0.5, 0.6) is 5.75 Å². The van der Waals surface area contributed by atoms with Crippen LogP contribution in [0.1, 0.15) is 5.56 Å². The molecule has 0 saturated carbocycles. The fourth-order valence-electron chi connectivity index (χ4n) is 1.73. The maximum Gasteiger partial charge on any atom is 0.173 e. The Labute approximate surface area is 116 Å². The molecule has 0 bridgehead atoms. The van der Waals surface area contributed by atoms with Gasteiger partial charge in [0.1, 0.15) is 5.75 Å². The average molecular weight is 319 g/mol. The molecule has 0 aliphatic carbocycles. The summed E-state index contributed by atoms with van der Waals surface area (Å²) in [6.45, 7) is 0. The second-order valence-electron chi connectivity index (χ2n) is 3.77. The van der Waals surface area contributed by atoms with Crippen LogP contribution >= 0.6 is 15.9 Å². The topological polar surface area (TPSA) is 65.7 Å². The molecule has 0 radical (unpaired) electrons. The lowest BCUT2D eigenvalue weighted by molar-refractivity contribution is -0.122. The largest absolute Gasteiger partial charge is 0.497 e. The van der Waals surface area contributed by atoms with E-state index in [2.05, 4.69) is 21.4 Å². The molecule has 1 aromatic carbocycles. The van der Waals surface area contributed by atoms with E-state index in [0.29, 0.717) is 6.42 Å². The fourth-order valence-corrected chi connectivity index (χ4v) is 2.14. The quantitative estimate of drug-likeness (QED) is 0.452. The highest BCUT2D eigenvalue weighted by molar-refractivity contribution is 9.10. The minimum Gasteiger partial charge on any atom is -0.497 e. The predicted octanol–water partition coefficient (Wildman–Crippen LogP) is 1.45. The lowest BCUT2D eigenvalue weighted by Gasteiger charge is -2.24. The Balaban J connectivity index is 2.86. The minimum absolute atomic E-state index is 0.150. The molecule has 1 unspecified atom stereocenters. The molecule has 3 N–H and O–H groups in total. The molecule has 6 heteroatoms. The minimum atomic E-state index is -0.409. The summed E-state index contributed by atoms with van der Waals surface area (Å²) in [5, 5.41) is 0. The van der Waals surface area contributed by atoms with E-state index < -0.39 is 6.29 Å². The van der Waals surface area contributed by atoms with E-state index in [0.717, 1.165) is 15.8 Å². The van der Waals surface area contributed by atoms with Crippen LogP contribution < -0.4 is 16.0 Å². The van der Waals surface area contributed by atoms with E-state index in [1.807, 2.05) is 18.2 Å². The molecule has 5 nitrogen and oxygen atoms in total. The van der Waals surface area contributed by atoms with Crippen molar-refractivity contribution in [1.82, 2.24) is 5.43 Å². The molecule has 0 amide bonds. The zero-order valence-electron chi connectivity index (χ0n) is 10.8.